The van der Waals surface area contributed by atoms with E-state index in [-0.39, 0.29) is 24.6 Å². The van der Waals surface area contributed by atoms with E-state index in [1.54, 1.807) is 0 Å². The van der Waals surface area contributed by atoms with Crippen molar-refractivity contribution in [1.82, 2.24) is 10.2 Å². The Kier molecular flexibility index (Phi) is 6.72. The zero-order valence-electron chi connectivity index (χ0n) is 13.5. The van der Waals surface area contributed by atoms with Gasteiger partial charge in [-0.25, -0.2) is 4.79 Å². The van der Waals surface area contributed by atoms with Crippen molar-refractivity contribution in [3.05, 3.63) is 35.9 Å². The number of likely N-dealkylation sites (tertiary alicyclic amines) is 1. The Morgan fingerprint density at radius 3 is 2.77 bits per heavy atom. The van der Waals surface area contributed by atoms with Gasteiger partial charge in [0.25, 0.3) is 0 Å². The predicted octanol–water partition coefficient (Wildman–Crippen LogP) is 2.81. The number of rotatable bonds is 7. The van der Waals surface area contributed by atoms with Gasteiger partial charge in [-0.1, -0.05) is 43.7 Å². The van der Waals surface area contributed by atoms with Crippen LogP contribution in [0, 0.1) is 5.92 Å². The Hall–Kier alpha value is -1.55. The Morgan fingerprint density at radius 1 is 1.36 bits per heavy atom. The molecule has 1 saturated heterocycles. The molecule has 2 atom stereocenters. The average Bonchev–Trinajstić information content (AvgIpc) is 3.03. The molecule has 22 heavy (non-hydrogen) atoms. The number of nitrogens with zero attached hydrogens (tertiary/aromatic N) is 1. The van der Waals surface area contributed by atoms with Crippen molar-refractivity contribution in [3.8, 4) is 0 Å². The second kappa shape index (κ2) is 8.79. The first kappa shape index (κ1) is 16.8. The molecule has 2 unspecified atom stereocenters. The third kappa shape index (κ3) is 5.02. The number of hydrogen-bond donors (Lipinski definition) is 2. The summed E-state index contributed by atoms with van der Waals surface area (Å²) < 4.78 is 0. The summed E-state index contributed by atoms with van der Waals surface area (Å²) >= 11 is 0. The largest absolute Gasteiger partial charge is 0.396 e. The van der Waals surface area contributed by atoms with Gasteiger partial charge in [-0.15, -0.1) is 0 Å². The van der Waals surface area contributed by atoms with Gasteiger partial charge in [0.05, 0.1) is 0 Å². The highest BCUT2D eigenvalue weighted by Crippen LogP contribution is 2.16. The fraction of sp³-hybridized carbons (Fsp3) is 0.611. The van der Waals surface area contributed by atoms with Crippen LogP contribution in [0.1, 0.15) is 38.2 Å². The average molecular weight is 304 g/mol. The molecule has 122 valence electrons. The standard InChI is InChI=1S/C18H28N2O2/c1-2-6-17(10-9-15-7-4-3-5-8-15)19-18(22)20-12-11-16(13-20)14-21/h3-5,7-8,16-17,21H,2,6,9-14H2,1H3,(H,19,22). The summed E-state index contributed by atoms with van der Waals surface area (Å²) in [6.45, 7) is 3.77. The van der Waals surface area contributed by atoms with Crippen LogP contribution in [-0.4, -0.2) is 41.8 Å². The minimum atomic E-state index is 0.0301. The van der Waals surface area contributed by atoms with E-state index in [9.17, 15) is 9.90 Å². The molecule has 4 nitrogen and oxygen atoms in total. The van der Waals surface area contributed by atoms with Gasteiger partial charge in [0.15, 0.2) is 0 Å². The molecule has 0 aliphatic carbocycles. The van der Waals surface area contributed by atoms with Crippen molar-refractivity contribution < 1.29 is 9.90 Å². The van der Waals surface area contributed by atoms with E-state index < -0.39 is 0 Å². The fourth-order valence-electron chi connectivity index (χ4n) is 3.05. The Morgan fingerprint density at radius 2 is 2.14 bits per heavy atom. The molecule has 1 heterocycles. The van der Waals surface area contributed by atoms with Gasteiger partial charge in [-0.05, 0) is 31.2 Å². The first-order valence-corrected chi connectivity index (χ1v) is 8.43. The normalized spacial score (nSPS) is 19.2. The van der Waals surface area contributed by atoms with Crippen molar-refractivity contribution in [1.29, 1.82) is 0 Å². The zero-order chi connectivity index (χ0) is 15.8. The van der Waals surface area contributed by atoms with Crippen LogP contribution in [0.3, 0.4) is 0 Å². The molecule has 2 N–H and O–H groups in total. The van der Waals surface area contributed by atoms with Gasteiger partial charge in [-0.3, -0.25) is 0 Å². The molecule has 0 bridgehead atoms. The Balaban J connectivity index is 1.81. The number of aliphatic hydroxyl groups is 1. The SMILES string of the molecule is CCCC(CCc1ccccc1)NC(=O)N1CCC(CO)C1. The van der Waals surface area contributed by atoms with Gasteiger partial charge < -0.3 is 15.3 Å². The summed E-state index contributed by atoms with van der Waals surface area (Å²) in [6, 6.07) is 10.7. The molecule has 1 aliphatic rings. The van der Waals surface area contributed by atoms with Crippen LogP contribution in [0.4, 0.5) is 4.79 Å². The molecular weight excluding hydrogens is 276 g/mol. The van der Waals surface area contributed by atoms with Crippen LogP contribution in [0.2, 0.25) is 0 Å². The third-order valence-electron chi connectivity index (χ3n) is 4.42. The van der Waals surface area contributed by atoms with E-state index in [1.165, 1.54) is 5.56 Å². The zero-order valence-corrected chi connectivity index (χ0v) is 13.5. The maximum atomic E-state index is 12.3. The van der Waals surface area contributed by atoms with Gasteiger partial charge >= 0.3 is 6.03 Å². The summed E-state index contributed by atoms with van der Waals surface area (Å²) in [7, 11) is 0. The van der Waals surface area contributed by atoms with E-state index in [0.717, 1.165) is 38.6 Å². The summed E-state index contributed by atoms with van der Waals surface area (Å²) in [4.78, 5) is 14.2. The molecule has 1 aliphatic heterocycles. The summed E-state index contributed by atoms with van der Waals surface area (Å²) in [5, 5.41) is 12.4. The number of carbonyl (C=O) groups is 1. The number of aryl methyl sites for hydroxylation is 1. The monoisotopic (exact) mass is 304 g/mol. The van der Waals surface area contributed by atoms with Gasteiger partial charge in [0.1, 0.15) is 0 Å². The van der Waals surface area contributed by atoms with Crippen molar-refractivity contribution >= 4 is 6.03 Å². The molecule has 2 amide bonds. The number of carbonyl (C=O) groups excluding carboxylic acids is 1. The third-order valence-corrected chi connectivity index (χ3v) is 4.42. The predicted molar refractivity (Wildman–Crippen MR) is 88.8 cm³/mol. The molecule has 2 rings (SSSR count). The molecule has 0 aromatic heterocycles. The van der Waals surface area contributed by atoms with Crippen LogP contribution in [0.25, 0.3) is 0 Å². The molecule has 1 fully saturated rings. The molecule has 4 heteroatoms. The van der Waals surface area contributed by atoms with Crippen molar-refractivity contribution in [2.24, 2.45) is 5.92 Å². The lowest BCUT2D eigenvalue weighted by atomic mass is 10.0. The first-order chi connectivity index (χ1) is 10.7. The summed E-state index contributed by atoms with van der Waals surface area (Å²) in [6.07, 6.45) is 4.95. The van der Waals surface area contributed by atoms with Crippen molar-refractivity contribution in [3.63, 3.8) is 0 Å². The smallest absolute Gasteiger partial charge is 0.317 e. The molecule has 1 aromatic rings. The second-order valence-corrected chi connectivity index (χ2v) is 6.24. The highest BCUT2D eigenvalue weighted by molar-refractivity contribution is 5.74. The topological polar surface area (TPSA) is 52.6 Å². The maximum absolute atomic E-state index is 12.3. The summed E-state index contributed by atoms with van der Waals surface area (Å²) in [5.41, 5.74) is 1.32. The van der Waals surface area contributed by atoms with E-state index in [4.69, 9.17) is 0 Å². The molecule has 0 spiro atoms. The lowest BCUT2D eigenvalue weighted by Crippen LogP contribution is -2.44. The number of urea groups is 1. The highest BCUT2D eigenvalue weighted by Gasteiger charge is 2.26. The molecule has 0 saturated carbocycles. The van der Waals surface area contributed by atoms with Crippen LogP contribution >= 0.6 is 0 Å². The van der Waals surface area contributed by atoms with E-state index in [2.05, 4.69) is 36.5 Å². The minimum Gasteiger partial charge on any atom is -0.396 e. The second-order valence-electron chi connectivity index (χ2n) is 6.24. The molecule has 0 radical (unpaired) electrons. The van der Waals surface area contributed by atoms with Crippen LogP contribution in [0.5, 0.6) is 0 Å². The van der Waals surface area contributed by atoms with E-state index in [0.29, 0.717) is 6.54 Å². The number of hydrogen-bond acceptors (Lipinski definition) is 2. The van der Waals surface area contributed by atoms with Crippen LogP contribution < -0.4 is 5.32 Å². The molecular formula is C18H28N2O2. The van der Waals surface area contributed by atoms with Gasteiger partial charge in [0, 0.05) is 31.7 Å². The van der Waals surface area contributed by atoms with Crippen LogP contribution in [-0.2, 0) is 6.42 Å². The highest BCUT2D eigenvalue weighted by atomic mass is 16.3. The summed E-state index contributed by atoms with van der Waals surface area (Å²) in [5.74, 6) is 0.250. The van der Waals surface area contributed by atoms with Crippen LogP contribution in [0.15, 0.2) is 30.3 Å². The van der Waals surface area contributed by atoms with Crippen molar-refractivity contribution in [2.75, 3.05) is 19.7 Å². The minimum absolute atomic E-state index is 0.0301. The van der Waals surface area contributed by atoms with Crippen molar-refractivity contribution in [2.45, 2.75) is 45.1 Å². The van der Waals surface area contributed by atoms with E-state index in [1.807, 2.05) is 11.0 Å². The van der Waals surface area contributed by atoms with E-state index >= 15 is 0 Å². The number of benzene rings is 1. The number of amides is 2. The number of aliphatic hydroxyl groups excluding tert-OH is 1. The van der Waals surface area contributed by atoms with Gasteiger partial charge in [0.2, 0.25) is 0 Å². The maximum Gasteiger partial charge on any atom is 0.317 e. The molecule has 1 aromatic carbocycles. The Bertz CT molecular complexity index is 450. The van der Waals surface area contributed by atoms with Gasteiger partial charge in [-0.2, -0.15) is 0 Å². The quantitative estimate of drug-likeness (QED) is 0.814. The lowest BCUT2D eigenvalue weighted by molar-refractivity contribution is 0.193. The number of nitrogens with one attached hydrogen (secondary N) is 1. The fourth-order valence-corrected chi connectivity index (χ4v) is 3.05. The Labute approximate surface area is 133 Å². The lowest BCUT2D eigenvalue weighted by Gasteiger charge is -2.23. The first-order valence-electron chi connectivity index (χ1n) is 8.43.